The van der Waals surface area contributed by atoms with Gasteiger partial charge in [-0.25, -0.2) is 14.4 Å². The van der Waals surface area contributed by atoms with Crippen molar-refractivity contribution < 1.29 is 9.50 Å². The molecule has 1 aromatic heterocycles. The molecule has 0 aliphatic carbocycles. The van der Waals surface area contributed by atoms with E-state index in [2.05, 4.69) is 15.3 Å². The molecule has 0 bridgehead atoms. The van der Waals surface area contributed by atoms with E-state index in [4.69, 9.17) is 5.11 Å². The lowest BCUT2D eigenvalue weighted by atomic mass is 10.2. The van der Waals surface area contributed by atoms with Gasteiger partial charge in [0.05, 0.1) is 5.69 Å². The van der Waals surface area contributed by atoms with Gasteiger partial charge in [0.1, 0.15) is 6.33 Å². The van der Waals surface area contributed by atoms with E-state index in [0.717, 1.165) is 6.42 Å². The quantitative estimate of drug-likeness (QED) is 0.778. The summed E-state index contributed by atoms with van der Waals surface area (Å²) in [6.45, 7) is 3.67. The number of hydrogen-bond acceptors (Lipinski definition) is 4. The largest absolute Gasteiger partial charge is 0.396 e. The van der Waals surface area contributed by atoms with E-state index >= 15 is 0 Å². The predicted octanol–water partition coefficient (Wildman–Crippen LogP) is 1.50. The van der Waals surface area contributed by atoms with Gasteiger partial charge in [0, 0.05) is 12.6 Å². The molecule has 0 fully saturated rings. The number of halogens is 1. The van der Waals surface area contributed by atoms with Crippen molar-refractivity contribution in [3.8, 4) is 0 Å². The molecule has 1 atom stereocenters. The average molecular weight is 213 g/mol. The summed E-state index contributed by atoms with van der Waals surface area (Å²) in [5, 5.41) is 11.6. The fourth-order valence-corrected chi connectivity index (χ4v) is 1.26. The van der Waals surface area contributed by atoms with Gasteiger partial charge in [-0.05, 0) is 26.7 Å². The summed E-state index contributed by atoms with van der Waals surface area (Å²) in [7, 11) is 0. The summed E-state index contributed by atoms with van der Waals surface area (Å²) < 4.78 is 13.4. The fraction of sp³-hybridized carbons (Fsp3) is 0.600. The minimum Gasteiger partial charge on any atom is -0.396 e. The first-order chi connectivity index (χ1) is 7.15. The maximum absolute atomic E-state index is 13.4. The third-order valence-corrected chi connectivity index (χ3v) is 2.14. The maximum atomic E-state index is 13.4. The van der Waals surface area contributed by atoms with Crippen molar-refractivity contribution in [2.75, 3.05) is 11.9 Å². The molecule has 2 N–H and O–H groups in total. The zero-order chi connectivity index (χ0) is 11.3. The fourth-order valence-electron chi connectivity index (χ4n) is 1.26. The molecular weight excluding hydrogens is 197 g/mol. The first kappa shape index (κ1) is 11.8. The van der Waals surface area contributed by atoms with E-state index in [-0.39, 0.29) is 18.5 Å². The molecule has 0 amide bonds. The second-order valence-electron chi connectivity index (χ2n) is 3.53. The van der Waals surface area contributed by atoms with E-state index < -0.39 is 5.82 Å². The van der Waals surface area contributed by atoms with Crippen molar-refractivity contribution in [2.45, 2.75) is 32.7 Å². The Balaban J connectivity index is 2.60. The van der Waals surface area contributed by atoms with Crippen LogP contribution in [0.15, 0.2) is 6.33 Å². The molecular formula is C10H16FN3O. The predicted molar refractivity (Wildman–Crippen MR) is 56.1 cm³/mol. The Morgan fingerprint density at radius 1 is 1.53 bits per heavy atom. The van der Waals surface area contributed by atoms with Gasteiger partial charge in [0.25, 0.3) is 0 Å². The lowest BCUT2D eigenvalue weighted by Crippen LogP contribution is -2.18. The Labute approximate surface area is 88.6 Å². The molecule has 0 saturated carbocycles. The van der Waals surface area contributed by atoms with Crippen LogP contribution in [0.3, 0.4) is 0 Å². The molecule has 1 rings (SSSR count). The Bertz CT molecular complexity index is 320. The number of aliphatic hydroxyl groups is 1. The van der Waals surface area contributed by atoms with E-state index in [1.54, 1.807) is 6.92 Å². The third-order valence-electron chi connectivity index (χ3n) is 2.14. The number of rotatable bonds is 5. The summed E-state index contributed by atoms with van der Waals surface area (Å²) in [6, 6.07) is 0.0842. The number of aliphatic hydroxyl groups excluding tert-OH is 1. The van der Waals surface area contributed by atoms with Crippen LogP contribution in [-0.2, 0) is 0 Å². The monoisotopic (exact) mass is 213 g/mol. The third kappa shape index (κ3) is 3.43. The number of aromatic nitrogens is 2. The highest BCUT2D eigenvalue weighted by Crippen LogP contribution is 2.13. The first-order valence-electron chi connectivity index (χ1n) is 4.99. The van der Waals surface area contributed by atoms with Crippen molar-refractivity contribution in [1.29, 1.82) is 0 Å². The van der Waals surface area contributed by atoms with E-state index in [0.29, 0.717) is 12.1 Å². The lowest BCUT2D eigenvalue weighted by molar-refractivity contribution is 0.282. The lowest BCUT2D eigenvalue weighted by Gasteiger charge is -2.14. The highest BCUT2D eigenvalue weighted by Gasteiger charge is 2.09. The molecule has 1 unspecified atom stereocenters. The van der Waals surface area contributed by atoms with Gasteiger partial charge in [0.15, 0.2) is 11.6 Å². The normalized spacial score (nSPS) is 12.5. The van der Waals surface area contributed by atoms with Crippen LogP contribution < -0.4 is 5.32 Å². The molecule has 0 radical (unpaired) electrons. The topological polar surface area (TPSA) is 58.0 Å². The summed E-state index contributed by atoms with van der Waals surface area (Å²) in [5.74, 6) is -0.179. The van der Waals surface area contributed by atoms with Crippen LogP contribution in [0.1, 0.15) is 25.5 Å². The van der Waals surface area contributed by atoms with Crippen molar-refractivity contribution >= 4 is 5.82 Å². The smallest absolute Gasteiger partial charge is 0.186 e. The van der Waals surface area contributed by atoms with Crippen LogP contribution in [-0.4, -0.2) is 27.7 Å². The SMILES string of the molecule is Cc1ncnc(NC(C)CCCO)c1F. The second kappa shape index (κ2) is 5.60. The van der Waals surface area contributed by atoms with Crippen molar-refractivity contribution in [3.05, 3.63) is 17.8 Å². The van der Waals surface area contributed by atoms with Crippen LogP contribution in [0, 0.1) is 12.7 Å². The van der Waals surface area contributed by atoms with Crippen LogP contribution in [0.4, 0.5) is 10.2 Å². The Hall–Kier alpha value is -1.23. The maximum Gasteiger partial charge on any atom is 0.186 e. The first-order valence-corrected chi connectivity index (χ1v) is 4.99. The van der Waals surface area contributed by atoms with Gasteiger partial charge >= 0.3 is 0 Å². The number of nitrogens with one attached hydrogen (secondary N) is 1. The van der Waals surface area contributed by atoms with Crippen LogP contribution in [0.25, 0.3) is 0 Å². The van der Waals surface area contributed by atoms with Gasteiger partial charge in [-0.2, -0.15) is 0 Å². The molecule has 15 heavy (non-hydrogen) atoms. The average Bonchev–Trinajstić information content (AvgIpc) is 2.22. The Morgan fingerprint density at radius 3 is 2.93 bits per heavy atom. The molecule has 5 heteroatoms. The molecule has 84 valence electrons. The molecule has 0 spiro atoms. The van der Waals surface area contributed by atoms with Gasteiger partial charge in [-0.3, -0.25) is 0 Å². The van der Waals surface area contributed by atoms with Crippen LogP contribution in [0.2, 0.25) is 0 Å². The van der Waals surface area contributed by atoms with E-state index in [9.17, 15) is 4.39 Å². The van der Waals surface area contributed by atoms with Crippen molar-refractivity contribution in [1.82, 2.24) is 9.97 Å². The highest BCUT2D eigenvalue weighted by molar-refractivity contribution is 5.37. The molecule has 0 aliphatic heterocycles. The van der Waals surface area contributed by atoms with Gasteiger partial charge in [-0.1, -0.05) is 0 Å². The van der Waals surface area contributed by atoms with Crippen molar-refractivity contribution in [3.63, 3.8) is 0 Å². The zero-order valence-corrected chi connectivity index (χ0v) is 9.00. The van der Waals surface area contributed by atoms with E-state index in [1.807, 2.05) is 6.92 Å². The molecule has 0 aliphatic rings. The van der Waals surface area contributed by atoms with Crippen molar-refractivity contribution in [2.24, 2.45) is 0 Å². The molecule has 0 aromatic carbocycles. The van der Waals surface area contributed by atoms with Gasteiger partial charge in [0.2, 0.25) is 0 Å². The summed E-state index contributed by atoms with van der Waals surface area (Å²) in [4.78, 5) is 7.57. The second-order valence-corrected chi connectivity index (χ2v) is 3.53. The van der Waals surface area contributed by atoms with E-state index in [1.165, 1.54) is 6.33 Å². The number of nitrogens with zero attached hydrogens (tertiary/aromatic N) is 2. The molecule has 1 aromatic rings. The molecule has 1 heterocycles. The standard InChI is InChI=1S/C10H16FN3O/c1-7(4-3-5-15)14-10-9(11)8(2)12-6-13-10/h6-7,15H,3-5H2,1-2H3,(H,12,13,14). The summed E-state index contributed by atoms with van der Waals surface area (Å²) in [6.07, 6.45) is 2.80. The molecule has 0 saturated heterocycles. The van der Waals surface area contributed by atoms with Crippen LogP contribution >= 0.6 is 0 Å². The van der Waals surface area contributed by atoms with Crippen LogP contribution in [0.5, 0.6) is 0 Å². The highest BCUT2D eigenvalue weighted by atomic mass is 19.1. The summed E-state index contributed by atoms with van der Waals surface area (Å²) >= 11 is 0. The van der Waals surface area contributed by atoms with Gasteiger partial charge < -0.3 is 10.4 Å². The number of hydrogen-bond donors (Lipinski definition) is 2. The zero-order valence-electron chi connectivity index (χ0n) is 9.00. The minimum atomic E-state index is -0.409. The van der Waals surface area contributed by atoms with Gasteiger partial charge in [-0.15, -0.1) is 0 Å². The summed E-state index contributed by atoms with van der Waals surface area (Å²) in [5.41, 5.74) is 0.335. The molecule has 4 nitrogen and oxygen atoms in total. The minimum absolute atomic E-state index is 0.0842. The Kier molecular flexibility index (Phi) is 4.42. The number of aryl methyl sites for hydroxylation is 1. The number of anilines is 1. The Morgan fingerprint density at radius 2 is 2.27 bits per heavy atom.